The summed E-state index contributed by atoms with van der Waals surface area (Å²) in [5, 5.41) is 118. The largest absolute Gasteiger partial charge is 0.394 e. The van der Waals surface area contributed by atoms with Gasteiger partial charge >= 0.3 is 0 Å². The summed E-state index contributed by atoms with van der Waals surface area (Å²) >= 11 is 0. The van der Waals surface area contributed by atoms with Crippen molar-refractivity contribution in [1.29, 1.82) is 0 Å². The van der Waals surface area contributed by atoms with Crippen LogP contribution >= 0.6 is 0 Å². The summed E-state index contributed by atoms with van der Waals surface area (Å²) in [6.45, 7) is -3.31. The smallest absolute Gasteiger partial charge is 0.187 e. The molecule has 2 rings (SSSR count). The van der Waals surface area contributed by atoms with Crippen molar-refractivity contribution < 1.29 is 80.2 Å². The van der Waals surface area contributed by atoms with E-state index in [-0.39, 0.29) is 0 Å². The van der Waals surface area contributed by atoms with E-state index in [0.29, 0.717) is 0 Å². The zero-order valence-electron chi connectivity index (χ0n) is 17.9. The number of hydrogen-bond acceptors (Lipinski definition) is 16. The van der Waals surface area contributed by atoms with Gasteiger partial charge in [0.25, 0.3) is 0 Å². The summed E-state index contributed by atoms with van der Waals surface area (Å²) in [5.74, 6) is 0. The highest BCUT2D eigenvalue weighted by atomic mass is 16.7. The van der Waals surface area contributed by atoms with Crippen molar-refractivity contribution in [3.8, 4) is 0 Å². The zero-order chi connectivity index (χ0) is 25.7. The Morgan fingerprint density at radius 1 is 0.618 bits per heavy atom. The van der Waals surface area contributed by atoms with Gasteiger partial charge in [-0.1, -0.05) is 0 Å². The van der Waals surface area contributed by atoms with E-state index >= 15 is 0 Å². The van der Waals surface area contributed by atoms with Crippen molar-refractivity contribution in [1.82, 2.24) is 0 Å². The van der Waals surface area contributed by atoms with Crippen molar-refractivity contribution in [3.05, 3.63) is 0 Å². The van der Waals surface area contributed by atoms with E-state index in [4.69, 9.17) is 18.9 Å². The zero-order valence-corrected chi connectivity index (χ0v) is 17.9. The van der Waals surface area contributed by atoms with Gasteiger partial charge in [-0.2, -0.15) is 0 Å². The third-order valence-corrected chi connectivity index (χ3v) is 5.72. The fraction of sp³-hybridized carbons (Fsp3) is 1.00. The molecule has 0 aromatic carbocycles. The number of aliphatic hydroxyl groups excluding tert-OH is 12. The molecule has 34 heavy (non-hydrogen) atoms. The Morgan fingerprint density at radius 2 is 1.09 bits per heavy atom. The Hall–Kier alpha value is -0.640. The first kappa shape index (κ1) is 29.6. The first-order valence-corrected chi connectivity index (χ1v) is 10.5. The summed E-state index contributed by atoms with van der Waals surface area (Å²) in [6, 6.07) is 0. The number of ether oxygens (including phenoxy) is 4. The molecule has 2 aliphatic rings. The van der Waals surface area contributed by atoms with Gasteiger partial charge in [-0.3, -0.25) is 0 Å². The molecule has 0 spiro atoms. The standard InChI is InChI=1S/C18H34O16/c19-1-5(22)16(34-18-15(30)13(28)11(26)8(3-21)33-18)9(24)6(23)4-31-17-14(29)12(27)10(25)7(2-20)32-17/h5-30H,1-4H2/t5-,6-,7-,8-,9-,10-,11-,12+,13+,14+,15+,16-,17+,18-/m1/s1. The number of hydrogen-bond donors (Lipinski definition) is 12. The lowest BCUT2D eigenvalue weighted by atomic mass is 9.98. The lowest BCUT2D eigenvalue weighted by molar-refractivity contribution is -0.330. The molecule has 0 saturated carbocycles. The maximum Gasteiger partial charge on any atom is 0.187 e. The molecule has 16 heteroatoms. The van der Waals surface area contributed by atoms with Gasteiger partial charge in [0.15, 0.2) is 12.6 Å². The lowest BCUT2D eigenvalue weighted by Gasteiger charge is -2.42. The summed E-state index contributed by atoms with van der Waals surface area (Å²) in [5.41, 5.74) is 0. The van der Waals surface area contributed by atoms with E-state index in [1.54, 1.807) is 0 Å². The van der Waals surface area contributed by atoms with Gasteiger partial charge in [-0.25, -0.2) is 0 Å². The summed E-state index contributed by atoms with van der Waals surface area (Å²) < 4.78 is 20.6. The van der Waals surface area contributed by atoms with Gasteiger partial charge in [0.2, 0.25) is 0 Å². The molecule has 202 valence electrons. The Morgan fingerprint density at radius 3 is 1.56 bits per heavy atom. The molecule has 0 aromatic heterocycles. The van der Waals surface area contributed by atoms with Gasteiger partial charge in [-0.15, -0.1) is 0 Å². The summed E-state index contributed by atoms with van der Waals surface area (Å²) in [6.07, 6.45) is -24.4. The molecule has 0 unspecified atom stereocenters. The van der Waals surface area contributed by atoms with E-state index in [1.165, 1.54) is 0 Å². The van der Waals surface area contributed by atoms with E-state index in [1.807, 2.05) is 0 Å². The van der Waals surface area contributed by atoms with Crippen LogP contribution < -0.4 is 0 Å². The van der Waals surface area contributed by atoms with E-state index < -0.39 is 112 Å². The molecule has 0 aromatic rings. The molecule has 2 heterocycles. The molecule has 0 radical (unpaired) electrons. The van der Waals surface area contributed by atoms with Crippen LogP contribution in [0.15, 0.2) is 0 Å². The lowest BCUT2D eigenvalue weighted by Crippen LogP contribution is -2.62. The average Bonchev–Trinajstić information content (AvgIpc) is 2.84. The van der Waals surface area contributed by atoms with Gasteiger partial charge in [0.1, 0.15) is 73.2 Å². The fourth-order valence-corrected chi connectivity index (χ4v) is 3.55. The summed E-state index contributed by atoms with van der Waals surface area (Å²) in [4.78, 5) is 0. The minimum Gasteiger partial charge on any atom is -0.394 e. The van der Waals surface area contributed by atoms with Gasteiger partial charge in [0, 0.05) is 0 Å². The van der Waals surface area contributed by atoms with Crippen LogP contribution in [0.4, 0.5) is 0 Å². The highest BCUT2D eigenvalue weighted by Crippen LogP contribution is 2.26. The number of aliphatic hydroxyl groups is 12. The van der Waals surface area contributed by atoms with Gasteiger partial charge in [-0.05, 0) is 0 Å². The average molecular weight is 506 g/mol. The molecular weight excluding hydrogens is 472 g/mol. The van der Waals surface area contributed by atoms with Crippen LogP contribution in [-0.2, 0) is 18.9 Å². The molecule has 12 N–H and O–H groups in total. The molecular formula is C18H34O16. The maximum atomic E-state index is 10.5. The molecule has 0 aliphatic carbocycles. The maximum absolute atomic E-state index is 10.5. The van der Waals surface area contributed by atoms with Crippen LogP contribution in [0.3, 0.4) is 0 Å². The van der Waals surface area contributed by atoms with Crippen LogP contribution in [-0.4, -0.2) is 174 Å². The predicted molar refractivity (Wildman–Crippen MR) is 103 cm³/mol. The second-order valence-electron chi connectivity index (χ2n) is 8.14. The molecule has 0 bridgehead atoms. The van der Waals surface area contributed by atoms with Crippen LogP contribution in [0.2, 0.25) is 0 Å². The Kier molecular flexibility index (Phi) is 11.4. The topological polar surface area (TPSA) is 280 Å². The highest BCUT2D eigenvalue weighted by Gasteiger charge is 2.47. The number of rotatable bonds is 11. The molecule has 14 atom stereocenters. The molecule has 16 nitrogen and oxygen atoms in total. The monoisotopic (exact) mass is 506 g/mol. The van der Waals surface area contributed by atoms with E-state index in [2.05, 4.69) is 0 Å². The van der Waals surface area contributed by atoms with Crippen molar-refractivity contribution >= 4 is 0 Å². The van der Waals surface area contributed by atoms with Crippen LogP contribution in [0.1, 0.15) is 0 Å². The van der Waals surface area contributed by atoms with Crippen LogP contribution in [0.5, 0.6) is 0 Å². The third-order valence-electron chi connectivity index (χ3n) is 5.72. The first-order valence-electron chi connectivity index (χ1n) is 10.5. The van der Waals surface area contributed by atoms with Crippen molar-refractivity contribution in [2.75, 3.05) is 26.4 Å². The van der Waals surface area contributed by atoms with Crippen LogP contribution in [0, 0.1) is 0 Å². The fourth-order valence-electron chi connectivity index (χ4n) is 3.55. The second kappa shape index (κ2) is 13.1. The van der Waals surface area contributed by atoms with Crippen molar-refractivity contribution in [2.45, 2.75) is 85.8 Å². The summed E-state index contributed by atoms with van der Waals surface area (Å²) in [7, 11) is 0. The highest BCUT2D eigenvalue weighted by molar-refractivity contribution is 4.92. The molecule has 2 fully saturated rings. The molecule has 2 saturated heterocycles. The predicted octanol–water partition coefficient (Wildman–Crippen LogP) is -7.94. The minimum absolute atomic E-state index is 0.728. The molecule has 2 aliphatic heterocycles. The second-order valence-corrected chi connectivity index (χ2v) is 8.14. The Labute approximate surface area is 193 Å². The van der Waals surface area contributed by atoms with E-state index in [0.717, 1.165) is 0 Å². The Balaban J connectivity index is 2.04. The van der Waals surface area contributed by atoms with Crippen molar-refractivity contribution in [3.63, 3.8) is 0 Å². The minimum atomic E-state index is -2.04. The van der Waals surface area contributed by atoms with Crippen LogP contribution in [0.25, 0.3) is 0 Å². The Bertz CT molecular complexity index is 594. The van der Waals surface area contributed by atoms with Crippen molar-refractivity contribution in [2.24, 2.45) is 0 Å². The first-order chi connectivity index (χ1) is 16.0. The van der Waals surface area contributed by atoms with Gasteiger partial charge < -0.3 is 80.2 Å². The van der Waals surface area contributed by atoms with E-state index in [9.17, 15) is 61.3 Å². The van der Waals surface area contributed by atoms with Gasteiger partial charge in [0.05, 0.1) is 26.4 Å². The molecule has 0 amide bonds. The third kappa shape index (κ3) is 6.56. The SMILES string of the molecule is OC[C@@H](O)[C@@H](O[C@H]1O[C@H](CO)[C@@H](O)[C@H](O)[C@@H]1O)[C@H](O)[C@H](O)CO[C@H]1O[C@H](CO)[C@@H](O)[C@H](O)[C@@H]1O. The quantitative estimate of drug-likeness (QED) is 0.124. The normalized spacial score (nSPS) is 42.7.